The minimum atomic E-state index is -0.685. The van der Waals surface area contributed by atoms with Crippen LogP contribution in [0.25, 0.3) is 0 Å². The Morgan fingerprint density at radius 2 is 1.95 bits per heavy atom. The molecule has 0 N–H and O–H groups in total. The van der Waals surface area contributed by atoms with Crippen LogP contribution in [0.2, 0.25) is 0 Å². The highest BCUT2D eigenvalue weighted by Crippen LogP contribution is 2.33. The van der Waals surface area contributed by atoms with E-state index in [1.807, 2.05) is 6.92 Å². The lowest BCUT2D eigenvalue weighted by Gasteiger charge is -2.31. The van der Waals surface area contributed by atoms with E-state index in [4.69, 9.17) is 9.47 Å². The molecule has 1 rings (SSSR count). The van der Waals surface area contributed by atoms with Gasteiger partial charge in [-0.3, -0.25) is 4.90 Å². The Morgan fingerprint density at radius 3 is 2.40 bits per heavy atom. The van der Waals surface area contributed by atoms with Crippen molar-refractivity contribution >= 4 is 18.3 Å². The van der Waals surface area contributed by atoms with Crippen molar-refractivity contribution in [2.24, 2.45) is 5.92 Å². The van der Waals surface area contributed by atoms with Crippen LogP contribution < -0.4 is 0 Å². The quantitative estimate of drug-likeness (QED) is 0.583. The van der Waals surface area contributed by atoms with Crippen LogP contribution in [0.4, 0.5) is 4.79 Å². The number of carbonyl (C=O) groups excluding carboxylic acids is 3. The molecule has 20 heavy (non-hydrogen) atoms. The fraction of sp³-hybridized carbons (Fsp3) is 0.786. The number of aldehydes is 1. The van der Waals surface area contributed by atoms with Crippen LogP contribution in [-0.4, -0.2) is 48.0 Å². The van der Waals surface area contributed by atoms with Crippen LogP contribution in [0.3, 0.4) is 0 Å². The summed E-state index contributed by atoms with van der Waals surface area (Å²) in [6, 6.07) is -1.01. The number of carbonyl (C=O) groups is 3. The molecule has 0 aromatic rings. The fourth-order valence-corrected chi connectivity index (χ4v) is 2.50. The van der Waals surface area contributed by atoms with Crippen LogP contribution in [0.15, 0.2) is 0 Å². The Kier molecular flexibility index (Phi) is 5.14. The largest absolute Gasteiger partial charge is 0.467 e. The van der Waals surface area contributed by atoms with Crippen LogP contribution in [0.5, 0.6) is 0 Å². The second kappa shape index (κ2) is 6.24. The van der Waals surface area contributed by atoms with Gasteiger partial charge in [-0.2, -0.15) is 0 Å². The molecule has 3 atom stereocenters. The molecular weight excluding hydrogens is 262 g/mol. The molecule has 6 heteroatoms. The van der Waals surface area contributed by atoms with Crippen molar-refractivity contribution in [1.82, 2.24) is 4.90 Å². The zero-order valence-electron chi connectivity index (χ0n) is 12.7. The Bertz CT molecular complexity index is 388. The molecule has 1 aliphatic rings. The zero-order chi connectivity index (χ0) is 15.5. The number of methoxy groups -OCH3 is 1. The van der Waals surface area contributed by atoms with Crippen molar-refractivity contribution in [1.29, 1.82) is 0 Å². The first kappa shape index (κ1) is 16.5. The summed E-state index contributed by atoms with van der Waals surface area (Å²) in [5.74, 6) is -0.437. The molecule has 0 spiro atoms. The van der Waals surface area contributed by atoms with Gasteiger partial charge in [-0.05, 0) is 33.1 Å². The van der Waals surface area contributed by atoms with Gasteiger partial charge in [0.1, 0.15) is 17.9 Å². The summed E-state index contributed by atoms with van der Waals surface area (Å²) in [6.45, 7) is 7.18. The smallest absolute Gasteiger partial charge is 0.411 e. The summed E-state index contributed by atoms with van der Waals surface area (Å²) in [4.78, 5) is 36.3. The second-order valence-corrected chi connectivity index (χ2v) is 6.11. The van der Waals surface area contributed by atoms with Crippen molar-refractivity contribution in [3.8, 4) is 0 Å². The zero-order valence-corrected chi connectivity index (χ0v) is 12.7. The van der Waals surface area contributed by atoms with E-state index in [2.05, 4.69) is 0 Å². The van der Waals surface area contributed by atoms with Crippen LogP contribution in [0, 0.1) is 5.92 Å². The lowest BCUT2D eigenvalue weighted by Crippen LogP contribution is -2.48. The summed E-state index contributed by atoms with van der Waals surface area (Å²) in [6.07, 6.45) is 0.848. The van der Waals surface area contributed by atoms with Gasteiger partial charge in [0.05, 0.1) is 7.11 Å². The third kappa shape index (κ3) is 3.71. The molecule has 0 bridgehead atoms. The molecule has 0 radical (unpaired) electrons. The first-order valence-corrected chi connectivity index (χ1v) is 6.74. The SMILES string of the molecule is COC(=O)[C@H]1C[C@@H](C)[C@@H](CC=O)N1C(=O)OC(C)(C)C. The average molecular weight is 285 g/mol. The molecular formula is C14H23NO5. The third-order valence-corrected chi connectivity index (χ3v) is 3.36. The van der Waals surface area contributed by atoms with E-state index in [1.165, 1.54) is 12.0 Å². The number of ether oxygens (including phenoxy) is 2. The molecule has 1 saturated heterocycles. The number of hydrogen-bond acceptors (Lipinski definition) is 5. The van der Waals surface area contributed by atoms with E-state index in [0.29, 0.717) is 6.42 Å². The van der Waals surface area contributed by atoms with Crippen LogP contribution >= 0.6 is 0 Å². The first-order valence-electron chi connectivity index (χ1n) is 6.74. The summed E-state index contributed by atoms with van der Waals surface area (Å²) in [5.41, 5.74) is -0.657. The van der Waals surface area contributed by atoms with E-state index in [9.17, 15) is 14.4 Å². The monoisotopic (exact) mass is 285 g/mol. The Balaban J connectivity index is 3.00. The molecule has 1 heterocycles. The molecule has 0 aromatic carbocycles. The lowest BCUT2D eigenvalue weighted by molar-refractivity contribution is -0.146. The van der Waals surface area contributed by atoms with Crippen molar-refractivity contribution in [2.45, 2.75) is 58.2 Å². The summed E-state index contributed by atoms with van der Waals surface area (Å²) in [5, 5.41) is 0. The van der Waals surface area contributed by atoms with Gasteiger partial charge >= 0.3 is 12.1 Å². The third-order valence-electron chi connectivity index (χ3n) is 3.36. The van der Waals surface area contributed by atoms with Gasteiger partial charge in [0.2, 0.25) is 0 Å². The Hall–Kier alpha value is -1.59. The van der Waals surface area contributed by atoms with Gasteiger partial charge in [0.15, 0.2) is 0 Å². The summed E-state index contributed by atoms with van der Waals surface area (Å²) < 4.78 is 10.1. The van der Waals surface area contributed by atoms with Gasteiger partial charge < -0.3 is 14.3 Å². The van der Waals surface area contributed by atoms with Crippen LogP contribution in [-0.2, 0) is 19.1 Å². The van der Waals surface area contributed by atoms with Crippen molar-refractivity contribution < 1.29 is 23.9 Å². The second-order valence-electron chi connectivity index (χ2n) is 6.11. The van der Waals surface area contributed by atoms with Crippen molar-refractivity contribution in [3.63, 3.8) is 0 Å². The van der Waals surface area contributed by atoms with Gasteiger partial charge in [-0.1, -0.05) is 6.92 Å². The number of amides is 1. The van der Waals surface area contributed by atoms with E-state index in [1.54, 1.807) is 20.8 Å². The summed E-state index contributed by atoms with van der Waals surface area (Å²) in [7, 11) is 1.29. The first-order chi connectivity index (χ1) is 9.21. The van der Waals surface area contributed by atoms with Gasteiger partial charge in [0, 0.05) is 12.5 Å². The lowest BCUT2D eigenvalue weighted by atomic mass is 9.99. The average Bonchev–Trinajstić information content (AvgIpc) is 2.64. The van der Waals surface area contributed by atoms with Crippen molar-refractivity contribution in [3.05, 3.63) is 0 Å². The standard InChI is InChI=1S/C14H23NO5/c1-9-8-11(12(17)19-5)15(10(9)6-7-16)13(18)20-14(2,3)4/h7,9-11H,6,8H2,1-5H3/t9-,10-,11-/m1/s1. The van der Waals surface area contributed by atoms with Crippen molar-refractivity contribution in [2.75, 3.05) is 7.11 Å². The number of likely N-dealkylation sites (tertiary alicyclic amines) is 1. The maximum atomic E-state index is 12.3. The molecule has 0 unspecified atom stereocenters. The number of esters is 1. The maximum Gasteiger partial charge on any atom is 0.411 e. The normalized spacial score (nSPS) is 26.2. The molecule has 0 aromatic heterocycles. The number of hydrogen-bond donors (Lipinski definition) is 0. The summed E-state index contributed by atoms with van der Waals surface area (Å²) >= 11 is 0. The molecule has 1 fully saturated rings. The number of nitrogens with zero attached hydrogens (tertiary/aromatic N) is 1. The minimum absolute atomic E-state index is 0.0387. The molecule has 1 amide bonds. The highest BCUT2D eigenvalue weighted by Gasteiger charge is 2.47. The van der Waals surface area contributed by atoms with Crippen LogP contribution in [0.1, 0.15) is 40.5 Å². The molecule has 1 aliphatic heterocycles. The fourth-order valence-electron chi connectivity index (χ4n) is 2.50. The highest BCUT2D eigenvalue weighted by atomic mass is 16.6. The predicted octanol–water partition coefficient (Wildman–Crippen LogP) is 1.76. The van der Waals surface area contributed by atoms with Gasteiger partial charge in [-0.15, -0.1) is 0 Å². The van der Waals surface area contributed by atoms with E-state index in [0.717, 1.165) is 6.29 Å². The Labute approximate surface area is 119 Å². The molecule has 0 saturated carbocycles. The molecule has 0 aliphatic carbocycles. The number of rotatable bonds is 3. The van der Waals surface area contributed by atoms with E-state index < -0.39 is 23.7 Å². The van der Waals surface area contributed by atoms with Gasteiger partial charge in [0.25, 0.3) is 0 Å². The Morgan fingerprint density at radius 1 is 1.35 bits per heavy atom. The van der Waals surface area contributed by atoms with E-state index >= 15 is 0 Å². The predicted molar refractivity (Wildman–Crippen MR) is 72.1 cm³/mol. The molecule has 114 valence electrons. The van der Waals surface area contributed by atoms with E-state index in [-0.39, 0.29) is 18.4 Å². The van der Waals surface area contributed by atoms with Gasteiger partial charge in [-0.25, -0.2) is 9.59 Å². The topological polar surface area (TPSA) is 72.9 Å². The minimum Gasteiger partial charge on any atom is -0.467 e. The molecule has 6 nitrogen and oxygen atoms in total. The maximum absolute atomic E-state index is 12.3. The highest BCUT2D eigenvalue weighted by molar-refractivity contribution is 5.83.